The molecule has 1 N–H and O–H groups in total. The molecule has 1 aromatic heterocycles. The topological polar surface area (TPSA) is 62.3 Å². The Balaban J connectivity index is 1.80. The van der Waals surface area contributed by atoms with Crippen LogP contribution in [-0.2, 0) is 4.79 Å². The Morgan fingerprint density at radius 3 is 2.69 bits per heavy atom. The zero-order valence-corrected chi connectivity index (χ0v) is 14.7. The maximum absolute atomic E-state index is 14.0. The minimum Gasteiger partial charge on any atom is -0.348 e. The molecule has 0 bridgehead atoms. The van der Waals surface area contributed by atoms with Gasteiger partial charge in [0.25, 0.3) is 5.91 Å². The van der Waals surface area contributed by atoms with Crippen LogP contribution in [0.3, 0.4) is 0 Å². The normalized spacial score (nSPS) is 18.2. The number of amides is 2. The van der Waals surface area contributed by atoms with Crippen LogP contribution in [0, 0.1) is 11.7 Å². The lowest BCUT2D eigenvalue weighted by atomic mass is 9.88. The first-order chi connectivity index (χ1) is 12.6. The van der Waals surface area contributed by atoms with Gasteiger partial charge in [0.2, 0.25) is 5.91 Å². The van der Waals surface area contributed by atoms with Crippen molar-refractivity contribution in [3.63, 3.8) is 0 Å². The first-order valence-electron chi connectivity index (χ1n) is 8.78. The molecule has 5 nitrogen and oxygen atoms in total. The van der Waals surface area contributed by atoms with Crippen molar-refractivity contribution in [1.29, 1.82) is 0 Å². The fourth-order valence-corrected chi connectivity index (χ4v) is 3.48. The molecule has 1 saturated heterocycles. The molecule has 2 atom stereocenters. The van der Waals surface area contributed by atoms with Gasteiger partial charge in [-0.1, -0.05) is 18.2 Å². The van der Waals surface area contributed by atoms with Crippen molar-refractivity contribution in [2.75, 3.05) is 13.1 Å². The number of aromatic nitrogens is 1. The zero-order chi connectivity index (χ0) is 18.5. The van der Waals surface area contributed by atoms with Crippen LogP contribution in [0.2, 0.25) is 0 Å². The number of carbonyl (C=O) groups is 2. The summed E-state index contributed by atoms with van der Waals surface area (Å²) in [7, 11) is 0. The maximum Gasteiger partial charge on any atom is 0.256 e. The van der Waals surface area contributed by atoms with Gasteiger partial charge in [-0.2, -0.15) is 0 Å². The number of hydrogen-bond donors (Lipinski definition) is 1. The monoisotopic (exact) mass is 355 g/mol. The summed E-state index contributed by atoms with van der Waals surface area (Å²) in [5.74, 6) is -0.936. The molecule has 1 aliphatic heterocycles. The van der Waals surface area contributed by atoms with Gasteiger partial charge < -0.3 is 10.2 Å². The third-order valence-electron chi connectivity index (χ3n) is 4.69. The Kier molecular flexibility index (Phi) is 5.61. The summed E-state index contributed by atoms with van der Waals surface area (Å²) in [5.41, 5.74) is 0.856. The van der Waals surface area contributed by atoms with Gasteiger partial charge in [0.15, 0.2) is 0 Å². The molecular formula is C20H22FN3O2. The number of likely N-dealkylation sites (tertiary alicyclic amines) is 1. The summed E-state index contributed by atoms with van der Waals surface area (Å²) in [5, 5.41) is 2.96. The largest absolute Gasteiger partial charge is 0.348 e. The van der Waals surface area contributed by atoms with E-state index in [4.69, 9.17) is 0 Å². The van der Waals surface area contributed by atoms with Gasteiger partial charge in [-0.15, -0.1) is 0 Å². The van der Waals surface area contributed by atoms with E-state index >= 15 is 0 Å². The number of nitrogens with zero attached hydrogens (tertiary/aromatic N) is 2. The van der Waals surface area contributed by atoms with Gasteiger partial charge in [0.05, 0.1) is 17.3 Å². The van der Waals surface area contributed by atoms with E-state index in [9.17, 15) is 14.0 Å². The van der Waals surface area contributed by atoms with E-state index in [1.54, 1.807) is 23.2 Å². The van der Waals surface area contributed by atoms with Gasteiger partial charge in [-0.3, -0.25) is 14.6 Å². The third kappa shape index (κ3) is 4.07. The van der Waals surface area contributed by atoms with E-state index in [0.717, 1.165) is 18.5 Å². The standard InChI is InChI=1S/C20H22FN3O2/c1-14(25)23-19(18-10-4-5-11-22-18)15-7-6-12-24(13-15)20(26)16-8-2-3-9-17(16)21/h2-5,8-11,15,19H,6-7,12-13H2,1H3,(H,23,25)/t15-,19+/m1/s1. The minimum absolute atomic E-state index is 0.0262. The highest BCUT2D eigenvalue weighted by Gasteiger charge is 2.32. The van der Waals surface area contributed by atoms with Gasteiger partial charge in [-0.05, 0) is 37.1 Å². The van der Waals surface area contributed by atoms with Crippen molar-refractivity contribution in [2.45, 2.75) is 25.8 Å². The van der Waals surface area contributed by atoms with Crippen molar-refractivity contribution in [3.8, 4) is 0 Å². The average Bonchev–Trinajstić information content (AvgIpc) is 2.66. The number of benzene rings is 1. The first-order valence-corrected chi connectivity index (χ1v) is 8.78. The van der Waals surface area contributed by atoms with Gasteiger partial charge in [0, 0.05) is 32.1 Å². The highest BCUT2D eigenvalue weighted by molar-refractivity contribution is 5.94. The first kappa shape index (κ1) is 18.0. The molecule has 3 rings (SSSR count). The molecule has 1 aliphatic rings. The molecule has 0 aliphatic carbocycles. The molecule has 26 heavy (non-hydrogen) atoms. The van der Waals surface area contributed by atoms with Crippen molar-refractivity contribution < 1.29 is 14.0 Å². The third-order valence-corrected chi connectivity index (χ3v) is 4.69. The number of piperidine rings is 1. The van der Waals surface area contributed by atoms with Crippen LogP contribution in [0.25, 0.3) is 0 Å². The minimum atomic E-state index is -0.511. The van der Waals surface area contributed by atoms with Crippen LogP contribution in [0.5, 0.6) is 0 Å². The van der Waals surface area contributed by atoms with Crippen LogP contribution < -0.4 is 5.32 Å². The zero-order valence-electron chi connectivity index (χ0n) is 14.7. The number of carbonyl (C=O) groups excluding carboxylic acids is 2. The van der Waals surface area contributed by atoms with E-state index in [1.807, 2.05) is 18.2 Å². The second-order valence-corrected chi connectivity index (χ2v) is 6.57. The number of hydrogen-bond acceptors (Lipinski definition) is 3. The Labute approximate surface area is 152 Å². The van der Waals surface area contributed by atoms with Crippen molar-refractivity contribution >= 4 is 11.8 Å². The summed E-state index contributed by atoms with van der Waals surface area (Å²) < 4.78 is 14.0. The second-order valence-electron chi connectivity index (χ2n) is 6.57. The molecule has 2 aromatic rings. The maximum atomic E-state index is 14.0. The molecule has 0 unspecified atom stereocenters. The number of halogens is 1. The number of rotatable bonds is 4. The summed E-state index contributed by atoms with van der Waals surface area (Å²) in [6.07, 6.45) is 3.35. The molecule has 2 amide bonds. The van der Waals surface area contributed by atoms with Gasteiger partial charge >= 0.3 is 0 Å². The van der Waals surface area contributed by atoms with Gasteiger partial charge in [0.1, 0.15) is 5.82 Å². The lowest BCUT2D eigenvalue weighted by molar-refractivity contribution is -0.120. The molecule has 0 radical (unpaired) electrons. The average molecular weight is 355 g/mol. The molecule has 0 saturated carbocycles. The van der Waals surface area contributed by atoms with Gasteiger partial charge in [-0.25, -0.2) is 4.39 Å². The predicted molar refractivity (Wildman–Crippen MR) is 95.8 cm³/mol. The van der Waals surface area contributed by atoms with Crippen LogP contribution in [-0.4, -0.2) is 34.8 Å². The number of nitrogens with one attached hydrogen (secondary N) is 1. The second kappa shape index (κ2) is 8.08. The summed E-state index contributed by atoms with van der Waals surface area (Å²) in [6, 6.07) is 11.3. The highest BCUT2D eigenvalue weighted by Crippen LogP contribution is 2.30. The lowest BCUT2D eigenvalue weighted by Crippen LogP contribution is -2.45. The summed E-state index contributed by atoms with van der Waals surface area (Å²) in [4.78, 5) is 30.5. The number of pyridine rings is 1. The SMILES string of the molecule is CC(=O)N[C@H](c1ccccn1)[C@@H]1CCCN(C(=O)c2ccccc2F)C1. The van der Waals surface area contributed by atoms with Crippen LogP contribution >= 0.6 is 0 Å². The van der Waals surface area contributed by atoms with Crippen LogP contribution in [0.4, 0.5) is 4.39 Å². The molecule has 0 spiro atoms. The molecule has 1 fully saturated rings. The van der Waals surface area contributed by atoms with Crippen molar-refractivity contribution in [2.24, 2.45) is 5.92 Å². The molecule has 136 valence electrons. The Bertz CT molecular complexity index is 782. The lowest BCUT2D eigenvalue weighted by Gasteiger charge is -2.37. The van der Waals surface area contributed by atoms with E-state index in [-0.39, 0.29) is 29.3 Å². The van der Waals surface area contributed by atoms with Crippen molar-refractivity contribution in [3.05, 3.63) is 65.7 Å². The Morgan fingerprint density at radius 1 is 1.23 bits per heavy atom. The molecule has 6 heteroatoms. The predicted octanol–water partition coefficient (Wildman–Crippen LogP) is 2.95. The van der Waals surface area contributed by atoms with Crippen molar-refractivity contribution in [1.82, 2.24) is 15.2 Å². The summed E-state index contributed by atoms with van der Waals surface area (Å²) in [6.45, 7) is 2.51. The fraction of sp³-hybridized carbons (Fsp3) is 0.350. The van der Waals surface area contributed by atoms with E-state index in [1.165, 1.54) is 19.1 Å². The highest BCUT2D eigenvalue weighted by atomic mass is 19.1. The van der Waals surface area contributed by atoms with Crippen LogP contribution in [0.1, 0.15) is 41.9 Å². The molecular weight excluding hydrogens is 333 g/mol. The van der Waals surface area contributed by atoms with E-state index in [2.05, 4.69) is 10.3 Å². The van der Waals surface area contributed by atoms with Crippen LogP contribution in [0.15, 0.2) is 48.7 Å². The smallest absolute Gasteiger partial charge is 0.256 e. The fourth-order valence-electron chi connectivity index (χ4n) is 3.48. The Morgan fingerprint density at radius 2 is 2.00 bits per heavy atom. The Hall–Kier alpha value is -2.76. The molecule has 2 heterocycles. The van der Waals surface area contributed by atoms with E-state index in [0.29, 0.717) is 13.1 Å². The summed E-state index contributed by atoms with van der Waals surface area (Å²) >= 11 is 0. The molecule has 1 aromatic carbocycles. The van der Waals surface area contributed by atoms with E-state index < -0.39 is 5.82 Å². The quantitative estimate of drug-likeness (QED) is 0.917.